The molecule has 0 radical (unpaired) electrons. The average Bonchev–Trinajstić information content (AvgIpc) is 2.96. The van der Waals surface area contributed by atoms with Gasteiger partial charge in [0, 0.05) is 12.6 Å². The van der Waals surface area contributed by atoms with Crippen LogP contribution >= 0.6 is 0 Å². The molecule has 2 fully saturated rings. The van der Waals surface area contributed by atoms with E-state index in [-0.39, 0.29) is 5.91 Å². The highest BCUT2D eigenvalue weighted by Gasteiger charge is 2.47. The second kappa shape index (κ2) is 5.57. The van der Waals surface area contributed by atoms with Gasteiger partial charge in [0.1, 0.15) is 6.04 Å². The van der Waals surface area contributed by atoms with Crippen molar-refractivity contribution >= 4 is 21.9 Å². The van der Waals surface area contributed by atoms with E-state index in [0.717, 1.165) is 12.7 Å². The van der Waals surface area contributed by atoms with Gasteiger partial charge < -0.3 is 10.4 Å². The summed E-state index contributed by atoms with van der Waals surface area (Å²) in [5.41, 5.74) is -0.968. The van der Waals surface area contributed by atoms with Crippen LogP contribution in [0.15, 0.2) is 0 Å². The maximum absolute atomic E-state index is 12.4. The number of hydrogen-bond acceptors (Lipinski definition) is 4. The Kier molecular flexibility index (Phi) is 4.30. The van der Waals surface area contributed by atoms with Gasteiger partial charge in [0.05, 0.1) is 11.7 Å². The van der Waals surface area contributed by atoms with Crippen molar-refractivity contribution < 1.29 is 23.1 Å². The molecule has 1 aliphatic heterocycles. The molecule has 120 valence electrons. The van der Waals surface area contributed by atoms with E-state index in [9.17, 15) is 23.1 Å². The smallest absolute Gasteiger partial charge is 0.311 e. The first-order valence-corrected chi connectivity index (χ1v) is 9.01. The fourth-order valence-electron chi connectivity index (χ4n) is 3.32. The van der Waals surface area contributed by atoms with Crippen LogP contribution in [0.2, 0.25) is 0 Å². The van der Waals surface area contributed by atoms with Crippen LogP contribution in [0.3, 0.4) is 0 Å². The highest BCUT2D eigenvalue weighted by atomic mass is 32.2. The molecule has 8 heteroatoms. The number of carbonyl (C=O) groups is 2. The number of carbonyl (C=O) groups excluding carboxylic acids is 1. The zero-order chi connectivity index (χ0) is 15.8. The minimum atomic E-state index is -3.42. The molecule has 1 amide bonds. The van der Waals surface area contributed by atoms with Crippen molar-refractivity contribution in [2.75, 3.05) is 12.8 Å². The molecule has 0 spiro atoms. The van der Waals surface area contributed by atoms with E-state index in [1.807, 2.05) is 0 Å². The van der Waals surface area contributed by atoms with Gasteiger partial charge in [0.25, 0.3) is 0 Å². The monoisotopic (exact) mass is 318 g/mol. The summed E-state index contributed by atoms with van der Waals surface area (Å²) in [7, 11) is -3.42. The Bertz CT molecular complexity index is 547. The number of amides is 1. The first kappa shape index (κ1) is 16.2. The van der Waals surface area contributed by atoms with E-state index in [2.05, 4.69) is 5.32 Å². The number of sulfonamides is 1. The van der Waals surface area contributed by atoms with E-state index >= 15 is 0 Å². The Balaban J connectivity index is 2.10. The quantitative estimate of drug-likeness (QED) is 0.769. The molecular formula is C13H22N2O5S. The summed E-state index contributed by atoms with van der Waals surface area (Å²) in [4.78, 5) is 23.8. The molecule has 2 rings (SSSR count). The van der Waals surface area contributed by atoms with Gasteiger partial charge in [0.2, 0.25) is 15.9 Å². The number of nitrogens with one attached hydrogen (secondary N) is 1. The molecule has 3 unspecified atom stereocenters. The number of carboxylic acid groups (broad SMARTS) is 1. The molecule has 3 atom stereocenters. The number of rotatable bonds is 4. The SMILES string of the molecule is CC1(C(=O)O)CCCC1NC(=O)C1CCCN1S(C)(=O)=O. The third kappa shape index (κ3) is 3.06. The normalized spacial score (nSPS) is 34.0. The van der Waals surface area contributed by atoms with Gasteiger partial charge in [-0.25, -0.2) is 8.42 Å². The Morgan fingerprint density at radius 3 is 2.52 bits per heavy atom. The predicted octanol–water partition coefficient (Wildman–Crippen LogP) is 0.170. The number of hydrogen-bond donors (Lipinski definition) is 2. The van der Waals surface area contributed by atoms with Crippen LogP contribution in [0, 0.1) is 5.41 Å². The second-order valence-electron chi connectivity index (χ2n) is 6.21. The fraction of sp³-hybridized carbons (Fsp3) is 0.846. The first-order valence-electron chi connectivity index (χ1n) is 7.17. The summed E-state index contributed by atoms with van der Waals surface area (Å²) in [6.07, 6.45) is 4.10. The summed E-state index contributed by atoms with van der Waals surface area (Å²) in [6, 6.07) is -1.15. The minimum absolute atomic E-state index is 0.345. The Labute approximate surface area is 124 Å². The Morgan fingerprint density at radius 1 is 1.29 bits per heavy atom. The lowest BCUT2D eigenvalue weighted by Crippen LogP contribution is -2.53. The first-order chi connectivity index (χ1) is 9.66. The Morgan fingerprint density at radius 2 is 1.95 bits per heavy atom. The molecular weight excluding hydrogens is 296 g/mol. The van der Waals surface area contributed by atoms with Crippen LogP contribution in [-0.2, 0) is 19.6 Å². The van der Waals surface area contributed by atoms with Crippen molar-refractivity contribution in [2.45, 2.75) is 51.1 Å². The van der Waals surface area contributed by atoms with Crippen LogP contribution in [0.5, 0.6) is 0 Å². The fourth-order valence-corrected chi connectivity index (χ4v) is 4.44. The van der Waals surface area contributed by atoms with E-state index < -0.39 is 33.5 Å². The highest BCUT2D eigenvalue weighted by molar-refractivity contribution is 7.88. The summed E-state index contributed by atoms with van der Waals surface area (Å²) >= 11 is 0. The molecule has 0 aromatic rings. The average molecular weight is 318 g/mol. The van der Waals surface area contributed by atoms with Gasteiger partial charge in [-0.15, -0.1) is 0 Å². The van der Waals surface area contributed by atoms with Gasteiger partial charge in [-0.1, -0.05) is 6.42 Å². The minimum Gasteiger partial charge on any atom is -0.481 e. The molecule has 0 aromatic carbocycles. The van der Waals surface area contributed by atoms with Gasteiger partial charge in [-0.05, 0) is 32.6 Å². The molecule has 2 aliphatic rings. The molecule has 1 saturated heterocycles. The molecule has 2 N–H and O–H groups in total. The molecule has 0 aromatic heterocycles. The largest absolute Gasteiger partial charge is 0.481 e. The van der Waals surface area contributed by atoms with Crippen LogP contribution in [-0.4, -0.2) is 54.6 Å². The third-order valence-electron chi connectivity index (χ3n) is 4.70. The predicted molar refractivity (Wildman–Crippen MR) is 76.1 cm³/mol. The van der Waals surface area contributed by atoms with E-state index in [0.29, 0.717) is 32.2 Å². The summed E-state index contributed by atoms with van der Waals surface area (Å²) in [5, 5.41) is 12.1. The Hall–Kier alpha value is -1.15. The van der Waals surface area contributed by atoms with Crippen molar-refractivity contribution in [3.05, 3.63) is 0 Å². The molecule has 1 saturated carbocycles. The lowest BCUT2D eigenvalue weighted by molar-refractivity contribution is -0.149. The van der Waals surface area contributed by atoms with Crippen molar-refractivity contribution in [1.29, 1.82) is 0 Å². The van der Waals surface area contributed by atoms with Crippen molar-refractivity contribution in [2.24, 2.45) is 5.41 Å². The van der Waals surface area contributed by atoms with Gasteiger partial charge in [0.15, 0.2) is 0 Å². The molecule has 0 bridgehead atoms. The maximum atomic E-state index is 12.4. The van der Waals surface area contributed by atoms with Crippen LogP contribution in [0.1, 0.15) is 39.0 Å². The number of aliphatic carboxylic acids is 1. The van der Waals surface area contributed by atoms with Gasteiger partial charge in [-0.2, -0.15) is 4.31 Å². The summed E-state index contributed by atoms with van der Waals surface area (Å²) in [5.74, 6) is -1.30. The van der Waals surface area contributed by atoms with Crippen molar-refractivity contribution in [3.8, 4) is 0 Å². The van der Waals surface area contributed by atoms with Crippen molar-refractivity contribution in [1.82, 2.24) is 9.62 Å². The zero-order valence-corrected chi connectivity index (χ0v) is 13.1. The summed E-state index contributed by atoms with van der Waals surface area (Å²) < 4.78 is 24.5. The molecule has 1 aliphatic carbocycles. The van der Waals surface area contributed by atoms with Gasteiger partial charge in [-0.3, -0.25) is 9.59 Å². The topological polar surface area (TPSA) is 104 Å². The maximum Gasteiger partial charge on any atom is 0.311 e. The van der Waals surface area contributed by atoms with Crippen LogP contribution in [0.25, 0.3) is 0 Å². The lowest BCUT2D eigenvalue weighted by Gasteiger charge is -2.30. The van der Waals surface area contributed by atoms with Crippen molar-refractivity contribution in [3.63, 3.8) is 0 Å². The standard InChI is InChI=1S/C13H22N2O5S/c1-13(12(17)18)7-3-6-10(13)14-11(16)9-5-4-8-15(9)21(2,19)20/h9-10H,3-8H2,1-2H3,(H,14,16)(H,17,18). The van der Waals surface area contributed by atoms with Crippen LogP contribution in [0.4, 0.5) is 0 Å². The molecule has 21 heavy (non-hydrogen) atoms. The second-order valence-corrected chi connectivity index (χ2v) is 8.14. The molecule has 7 nitrogen and oxygen atoms in total. The van der Waals surface area contributed by atoms with E-state index in [1.54, 1.807) is 6.92 Å². The number of carboxylic acids is 1. The third-order valence-corrected chi connectivity index (χ3v) is 5.98. The van der Waals surface area contributed by atoms with E-state index in [4.69, 9.17) is 0 Å². The lowest BCUT2D eigenvalue weighted by atomic mass is 9.85. The van der Waals surface area contributed by atoms with Crippen LogP contribution < -0.4 is 5.32 Å². The van der Waals surface area contributed by atoms with E-state index in [1.165, 1.54) is 4.31 Å². The zero-order valence-electron chi connectivity index (χ0n) is 12.3. The highest BCUT2D eigenvalue weighted by Crippen LogP contribution is 2.38. The number of nitrogens with zero attached hydrogens (tertiary/aromatic N) is 1. The molecule has 1 heterocycles. The summed E-state index contributed by atoms with van der Waals surface area (Å²) in [6.45, 7) is 1.98. The van der Waals surface area contributed by atoms with Gasteiger partial charge >= 0.3 is 5.97 Å².